The van der Waals surface area contributed by atoms with Crippen LogP contribution in [0.2, 0.25) is 0 Å². The maximum atomic E-state index is 13.5. The molecule has 56 heavy (non-hydrogen) atoms. The van der Waals surface area contributed by atoms with E-state index >= 15 is 0 Å². The van der Waals surface area contributed by atoms with Gasteiger partial charge < -0.3 is 65.5 Å². The molecule has 1 rings (SSSR count). The Morgan fingerprint density at radius 3 is 0.643 bits per heavy atom. The molecule has 20 heteroatoms. The fraction of sp³-hybridized carbons (Fsp3) is 0.778. The van der Waals surface area contributed by atoms with Gasteiger partial charge in [-0.05, 0) is 131 Å². The van der Waals surface area contributed by atoms with Crippen molar-refractivity contribution in [2.45, 2.75) is 153 Å². The zero-order chi connectivity index (χ0) is 42.2. The quantitative estimate of drug-likeness (QED) is 0.0677. The van der Waals surface area contributed by atoms with Gasteiger partial charge in [0.2, 0.25) is 47.3 Å². The van der Waals surface area contributed by atoms with Crippen molar-refractivity contribution in [1.29, 1.82) is 0 Å². The van der Waals surface area contributed by atoms with Crippen molar-refractivity contribution in [3.05, 3.63) is 0 Å². The number of carbonyl (C=O) groups excluding carboxylic acids is 8. The van der Waals surface area contributed by atoms with Crippen LogP contribution in [0.25, 0.3) is 0 Å². The number of nitrogens with two attached hydrogens (primary N) is 4. The van der Waals surface area contributed by atoms with Crippen LogP contribution < -0.4 is 65.5 Å². The maximum absolute atomic E-state index is 13.5. The summed E-state index contributed by atoms with van der Waals surface area (Å²) in [7, 11) is 0. The summed E-state index contributed by atoms with van der Waals surface area (Å²) in [6.45, 7) is 7.04. The summed E-state index contributed by atoms with van der Waals surface area (Å²) >= 11 is 0. The lowest BCUT2D eigenvalue weighted by Gasteiger charge is -2.27. The predicted octanol–water partition coefficient (Wildman–Crippen LogP) is -3.53. The zero-order valence-corrected chi connectivity index (χ0v) is 33.5. The van der Waals surface area contributed by atoms with Crippen molar-refractivity contribution >= 4 is 47.3 Å². The van der Waals surface area contributed by atoms with Gasteiger partial charge in [-0.25, -0.2) is 0 Å². The van der Waals surface area contributed by atoms with Crippen LogP contribution in [0.15, 0.2) is 0 Å². The van der Waals surface area contributed by atoms with Crippen LogP contribution in [0.5, 0.6) is 0 Å². The molecule has 1 saturated heterocycles. The van der Waals surface area contributed by atoms with Crippen LogP contribution in [0.3, 0.4) is 0 Å². The summed E-state index contributed by atoms with van der Waals surface area (Å²) in [5, 5.41) is 20.9. The molecule has 320 valence electrons. The van der Waals surface area contributed by atoms with Crippen molar-refractivity contribution in [3.8, 4) is 0 Å². The van der Waals surface area contributed by atoms with Crippen molar-refractivity contribution in [1.82, 2.24) is 42.5 Å². The normalized spacial score (nSPS) is 27.0. The molecule has 1 aliphatic rings. The third-order valence-electron chi connectivity index (χ3n) is 9.33. The predicted molar refractivity (Wildman–Crippen MR) is 210 cm³/mol. The Morgan fingerprint density at radius 2 is 0.482 bits per heavy atom. The Morgan fingerprint density at radius 1 is 0.304 bits per heavy atom. The van der Waals surface area contributed by atoms with Gasteiger partial charge >= 0.3 is 0 Å². The SMILES string of the molecule is C[C@H]1NC(=O)[C@H](CCCCN)NC(=O)[C@@H](C)NC(=O)[C@H](CCCCN)NC(=O)[C@@H](C)NC(=O)[C@H](CCCCN)NC(=O)[C@@H](C)NC(=O)[C@H](CCCCN)NC1=O. The number of unbranched alkanes of at least 4 members (excludes halogenated alkanes) is 4. The molecule has 0 unspecified atom stereocenters. The van der Waals surface area contributed by atoms with Gasteiger partial charge in [0.1, 0.15) is 48.3 Å². The van der Waals surface area contributed by atoms with Crippen LogP contribution in [0.1, 0.15) is 105 Å². The fourth-order valence-corrected chi connectivity index (χ4v) is 5.75. The van der Waals surface area contributed by atoms with Gasteiger partial charge in [0.15, 0.2) is 0 Å². The molecule has 8 atom stereocenters. The molecule has 0 bridgehead atoms. The van der Waals surface area contributed by atoms with E-state index in [-0.39, 0.29) is 25.7 Å². The molecule has 0 spiro atoms. The van der Waals surface area contributed by atoms with E-state index < -0.39 is 95.6 Å². The van der Waals surface area contributed by atoms with Crippen molar-refractivity contribution in [2.24, 2.45) is 22.9 Å². The molecule has 0 aromatic carbocycles. The minimum Gasteiger partial charge on any atom is -0.343 e. The standard InChI is InChI=1S/C36H68N12O8/c1-21-29(49)45-26(14-6-10-18-38)34(54)42-23(3)31(51)47-28(16-8-12-20-40)36(56)44-24(4)32(52)48-27(15-7-11-19-39)35(55)43-22(2)30(50)46-25(33(53)41-21)13-5-9-17-37/h21-28H,5-20,37-40H2,1-4H3,(H,41,53)(H,42,54)(H,43,55)(H,44,56)(H,45,49)(H,46,50)(H,47,51)(H,48,52)/t21-,22-,23-,24-,25+,26+,27+,28+/m1/s1. The van der Waals surface area contributed by atoms with Gasteiger partial charge in [-0.2, -0.15) is 0 Å². The first-order valence-electron chi connectivity index (χ1n) is 19.8. The average molecular weight is 797 g/mol. The van der Waals surface area contributed by atoms with Gasteiger partial charge in [-0.1, -0.05) is 0 Å². The lowest BCUT2D eigenvalue weighted by molar-refractivity contribution is -0.136. The Kier molecular flexibility index (Phi) is 24.1. The number of carbonyl (C=O) groups is 8. The maximum Gasteiger partial charge on any atom is 0.243 e. The smallest absolute Gasteiger partial charge is 0.243 e. The van der Waals surface area contributed by atoms with E-state index in [1.807, 2.05) is 0 Å². The molecule has 20 nitrogen and oxygen atoms in total. The third kappa shape index (κ3) is 18.5. The molecular weight excluding hydrogens is 728 g/mol. The summed E-state index contributed by atoms with van der Waals surface area (Å²) in [4.78, 5) is 107. The molecule has 1 aliphatic heterocycles. The number of hydrogen-bond donors (Lipinski definition) is 12. The molecule has 1 fully saturated rings. The van der Waals surface area contributed by atoms with Crippen molar-refractivity contribution in [3.63, 3.8) is 0 Å². The van der Waals surface area contributed by atoms with Gasteiger partial charge in [0, 0.05) is 0 Å². The summed E-state index contributed by atoms with van der Waals surface area (Å²) in [5.41, 5.74) is 22.6. The second-order valence-corrected chi connectivity index (χ2v) is 14.3. The number of amides is 8. The van der Waals surface area contributed by atoms with Crippen LogP contribution >= 0.6 is 0 Å². The van der Waals surface area contributed by atoms with Gasteiger partial charge in [0.05, 0.1) is 0 Å². The average Bonchev–Trinajstić information content (AvgIpc) is 3.15. The molecule has 0 aliphatic carbocycles. The lowest BCUT2D eigenvalue weighted by Crippen LogP contribution is -2.60. The van der Waals surface area contributed by atoms with Crippen LogP contribution in [0.4, 0.5) is 0 Å². The summed E-state index contributed by atoms with van der Waals surface area (Å²) in [6.07, 6.45) is 4.73. The highest BCUT2D eigenvalue weighted by Gasteiger charge is 2.33. The lowest BCUT2D eigenvalue weighted by atomic mass is 10.1. The largest absolute Gasteiger partial charge is 0.343 e. The Labute approximate surface area is 330 Å². The topological polar surface area (TPSA) is 337 Å². The molecule has 0 aromatic heterocycles. The molecule has 0 saturated carbocycles. The first kappa shape index (κ1) is 49.6. The Bertz CT molecular complexity index is 1110. The molecule has 8 amide bonds. The highest BCUT2D eigenvalue weighted by molar-refractivity contribution is 5.98. The first-order valence-corrected chi connectivity index (χ1v) is 19.8. The summed E-state index contributed by atoms with van der Waals surface area (Å²) in [5.74, 6) is -5.49. The highest BCUT2D eigenvalue weighted by atomic mass is 16.2. The van der Waals surface area contributed by atoms with E-state index in [1.165, 1.54) is 27.7 Å². The van der Waals surface area contributed by atoms with Crippen molar-refractivity contribution in [2.75, 3.05) is 26.2 Å². The monoisotopic (exact) mass is 797 g/mol. The third-order valence-corrected chi connectivity index (χ3v) is 9.33. The van der Waals surface area contributed by atoms with E-state index in [4.69, 9.17) is 22.9 Å². The minimum atomic E-state index is -1.15. The molecular formula is C36H68N12O8. The molecule has 0 aromatic rings. The van der Waals surface area contributed by atoms with E-state index in [0.29, 0.717) is 77.5 Å². The fourth-order valence-electron chi connectivity index (χ4n) is 5.75. The number of rotatable bonds is 16. The van der Waals surface area contributed by atoms with E-state index in [9.17, 15) is 38.4 Å². The summed E-state index contributed by atoms with van der Waals surface area (Å²) < 4.78 is 0. The second-order valence-electron chi connectivity index (χ2n) is 14.3. The van der Waals surface area contributed by atoms with Crippen molar-refractivity contribution < 1.29 is 38.4 Å². The number of hydrogen-bond acceptors (Lipinski definition) is 12. The molecule has 16 N–H and O–H groups in total. The van der Waals surface area contributed by atoms with E-state index in [0.717, 1.165) is 0 Å². The highest BCUT2D eigenvalue weighted by Crippen LogP contribution is 2.08. The van der Waals surface area contributed by atoms with Crippen LogP contribution in [-0.2, 0) is 38.4 Å². The molecule has 0 radical (unpaired) electrons. The first-order chi connectivity index (χ1) is 26.6. The minimum absolute atomic E-state index is 0.170. The van der Waals surface area contributed by atoms with Gasteiger partial charge in [0.25, 0.3) is 0 Å². The zero-order valence-electron chi connectivity index (χ0n) is 33.5. The summed E-state index contributed by atoms with van der Waals surface area (Å²) in [6, 6.07) is -9.06. The Balaban J connectivity index is 3.55. The van der Waals surface area contributed by atoms with E-state index in [2.05, 4.69) is 42.5 Å². The second kappa shape index (κ2) is 27.2. The van der Waals surface area contributed by atoms with Crippen LogP contribution in [0, 0.1) is 0 Å². The number of nitrogens with one attached hydrogen (secondary N) is 8. The Hall–Kier alpha value is -4.40. The molecule has 1 heterocycles. The van der Waals surface area contributed by atoms with Gasteiger partial charge in [-0.15, -0.1) is 0 Å². The van der Waals surface area contributed by atoms with Gasteiger partial charge in [-0.3, -0.25) is 38.4 Å². The van der Waals surface area contributed by atoms with E-state index in [1.54, 1.807) is 0 Å². The van der Waals surface area contributed by atoms with Crippen LogP contribution in [-0.4, -0.2) is 122 Å².